The van der Waals surface area contributed by atoms with Crippen LogP contribution in [0.15, 0.2) is 24.3 Å². The maximum atomic E-state index is 2.37. The zero-order valence-electron chi connectivity index (χ0n) is 7.82. The molecule has 0 spiro atoms. The van der Waals surface area contributed by atoms with E-state index in [2.05, 4.69) is 83.5 Å². The Morgan fingerprint density at radius 1 is 1.36 bits per heavy atom. The summed E-state index contributed by atoms with van der Waals surface area (Å²) in [6.07, 6.45) is 1.05. The minimum absolute atomic E-state index is 0. The van der Waals surface area contributed by atoms with E-state index in [9.17, 15) is 0 Å². The van der Waals surface area contributed by atoms with Gasteiger partial charge in [0.15, 0.2) is 7.28 Å². The number of halogens is 2. The average Bonchev–Trinajstić information content (AvgIpc) is 2.50. The number of fused-ring (bicyclic) bond motifs is 1. The van der Waals surface area contributed by atoms with Crippen LogP contribution in [-0.4, -0.2) is 20.8 Å². The molecule has 0 N–H and O–H groups in total. The molecule has 0 bridgehead atoms. The fourth-order valence-electron chi connectivity index (χ4n) is 1.34. The van der Waals surface area contributed by atoms with Crippen molar-refractivity contribution in [1.29, 1.82) is 0 Å². The third-order valence-corrected chi connectivity index (χ3v) is 1.93. The second kappa shape index (κ2) is 9.28. The number of hydrogen-bond donors (Lipinski definition) is 0. The molecule has 2 radical (unpaired) electrons. The normalized spacial score (nSPS) is 11.5. The van der Waals surface area contributed by atoms with Crippen LogP contribution in [-0.2, 0) is 42.2 Å². The van der Waals surface area contributed by atoms with E-state index in [0.717, 1.165) is 6.44 Å². The van der Waals surface area contributed by atoms with Crippen molar-refractivity contribution in [3.8, 4) is 0 Å². The Balaban J connectivity index is 0.000000381. The van der Waals surface area contributed by atoms with Crippen molar-refractivity contribution in [2.24, 2.45) is 0 Å². The summed E-state index contributed by atoms with van der Waals surface area (Å²) in [4.78, 5) is 2.25. The molecule has 1 heterocycles. The molecule has 1 aromatic rings. The van der Waals surface area contributed by atoms with Crippen LogP contribution >= 0.6 is 40.0 Å². The molecule has 0 saturated carbocycles. The standard InChI is InChI=1S/C8H9BN.2HI.V.Y/c1-10-6-9-7-4-2-3-5-8(7)10;;;;/h2-5H,6H2,1H3;2*1H;;/q;;;+2;/p-2. The van der Waals surface area contributed by atoms with E-state index >= 15 is 0 Å². The first-order chi connectivity index (χ1) is 6.29. The minimum Gasteiger partial charge on any atom is 0 e. The maximum absolute atomic E-state index is 2.37. The largest absolute Gasteiger partial charge is 0 e. The van der Waals surface area contributed by atoms with Gasteiger partial charge in [-0.2, -0.15) is 0 Å². The van der Waals surface area contributed by atoms with Crippen molar-refractivity contribution >= 4 is 58.4 Å². The van der Waals surface area contributed by atoms with Gasteiger partial charge in [-0.15, -0.1) is 0 Å². The van der Waals surface area contributed by atoms with Crippen molar-refractivity contribution in [2.45, 2.75) is 0 Å². The van der Waals surface area contributed by atoms with Crippen LogP contribution in [0, 0.1) is 0 Å². The number of anilines is 1. The molecule has 14 heavy (non-hydrogen) atoms. The van der Waals surface area contributed by atoms with Crippen LogP contribution in [0.3, 0.4) is 0 Å². The Labute approximate surface area is 140 Å². The molecule has 1 aliphatic heterocycles. The van der Waals surface area contributed by atoms with Gasteiger partial charge < -0.3 is 4.90 Å². The van der Waals surface area contributed by atoms with Gasteiger partial charge in [-0.25, -0.2) is 0 Å². The van der Waals surface area contributed by atoms with Gasteiger partial charge in [-0.05, 0) is 12.5 Å². The summed E-state index contributed by atoms with van der Waals surface area (Å²) >= 11 is 4.74. The smallest absolute Gasteiger partial charge is 0 e. The van der Waals surface area contributed by atoms with Crippen LogP contribution in [0.5, 0.6) is 0 Å². The van der Waals surface area contributed by atoms with Gasteiger partial charge in [-0.1, -0.05) is 23.7 Å². The maximum Gasteiger partial charge on any atom is 0 e. The van der Waals surface area contributed by atoms with Crippen LogP contribution in [0.2, 0.25) is 0 Å². The molecule has 71 valence electrons. The van der Waals surface area contributed by atoms with E-state index in [1.165, 1.54) is 11.2 Å². The molecule has 1 aliphatic rings. The first-order valence-electron chi connectivity index (χ1n) is 3.85. The third kappa shape index (κ3) is 5.04. The van der Waals surface area contributed by atoms with Gasteiger partial charge in [0.2, 0.25) is 0 Å². The minimum atomic E-state index is 0. The summed E-state index contributed by atoms with van der Waals surface area (Å²) in [5.41, 5.74) is 2.72. The summed E-state index contributed by atoms with van der Waals surface area (Å²) in [5.74, 6) is 0. The first kappa shape index (κ1) is 16.2. The molecular formula is C8H9BI2NVY. The Hall–Kier alpha value is 2.23. The summed E-state index contributed by atoms with van der Waals surface area (Å²) < 4.78 is 0. The summed E-state index contributed by atoms with van der Waals surface area (Å²) in [5, 5.41) is 0. The fourth-order valence-corrected chi connectivity index (χ4v) is 1.34. The number of para-hydroxylation sites is 1. The molecule has 0 aromatic heterocycles. The van der Waals surface area contributed by atoms with Crippen LogP contribution < -0.4 is 10.4 Å². The molecular weight excluding hydrogens is 515 g/mol. The molecule has 0 aliphatic carbocycles. The molecule has 0 atom stereocenters. The second-order valence-corrected chi connectivity index (χ2v) is 14.5. The SMILES string of the molecule is CN1C[B]c2ccccc21.[I][V][I].[Y]. The zero-order valence-corrected chi connectivity index (χ0v) is 16.4. The summed E-state index contributed by atoms with van der Waals surface area (Å²) in [7, 11) is 4.99. The van der Waals surface area contributed by atoms with Gasteiger partial charge in [0.1, 0.15) is 0 Å². The molecule has 0 saturated heterocycles. The molecule has 1 aromatic carbocycles. The zero-order chi connectivity index (χ0) is 9.68. The Kier molecular flexibility index (Phi) is 10.8. The summed E-state index contributed by atoms with van der Waals surface area (Å²) in [6, 6.07) is 8.46. The van der Waals surface area contributed by atoms with Gasteiger partial charge in [0.25, 0.3) is 0 Å². The number of benzene rings is 1. The van der Waals surface area contributed by atoms with E-state index in [0.29, 0.717) is 9.47 Å². The van der Waals surface area contributed by atoms with E-state index < -0.39 is 0 Å². The van der Waals surface area contributed by atoms with Gasteiger partial charge in [0, 0.05) is 45.4 Å². The van der Waals surface area contributed by atoms with Crippen molar-refractivity contribution in [3.63, 3.8) is 0 Å². The molecule has 1 nitrogen and oxygen atoms in total. The Bertz CT molecular complexity index is 277. The second-order valence-electron chi connectivity index (χ2n) is 2.71. The molecule has 0 fully saturated rings. The van der Waals surface area contributed by atoms with Crippen molar-refractivity contribution in [1.82, 2.24) is 0 Å². The van der Waals surface area contributed by atoms with Crippen LogP contribution in [0.25, 0.3) is 0 Å². The predicted octanol–water partition coefficient (Wildman–Crippen LogP) is 2.19. The monoisotopic (exact) mass is 524 g/mol. The predicted molar refractivity (Wildman–Crippen MR) is 73.1 cm³/mol. The van der Waals surface area contributed by atoms with E-state index in [-0.39, 0.29) is 32.7 Å². The Morgan fingerprint density at radius 3 is 2.50 bits per heavy atom. The topological polar surface area (TPSA) is 3.24 Å². The van der Waals surface area contributed by atoms with E-state index in [1.807, 2.05) is 0 Å². The fraction of sp³-hybridized carbons (Fsp3) is 0.250. The molecule has 2 rings (SSSR count). The molecule has 0 amide bonds. The summed E-state index contributed by atoms with van der Waals surface area (Å²) in [6.45, 7) is 0. The first-order valence-corrected chi connectivity index (χ1v) is 12.9. The van der Waals surface area contributed by atoms with Crippen LogP contribution in [0.1, 0.15) is 0 Å². The molecule has 0 unspecified atom stereocenters. The van der Waals surface area contributed by atoms with Gasteiger partial charge >= 0.3 is 49.4 Å². The van der Waals surface area contributed by atoms with Crippen molar-refractivity contribution in [3.05, 3.63) is 24.3 Å². The van der Waals surface area contributed by atoms with Crippen LogP contribution in [0.4, 0.5) is 5.69 Å². The number of rotatable bonds is 0. The quantitative estimate of drug-likeness (QED) is 0.373. The van der Waals surface area contributed by atoms with Crippen molar-refractivity contribution < 1.29 is 42.2 Å². The number of hydrogen-bond acceptors (Lipinski definition) is 1. The van der Waals surface area contributed by atoms with E-state index in [1.54, 1.807) is 0 Å². The molecule has 6 heteroatoms. The third-order valence-electron chi connectivity index (χ3n) is 1.93. The van der Waals surface area contributed by atoms with E-state index in [4.69, 9.17) is 0 Å². The van der Waals surface area contributed by atoms with Gasteiger partial charge in [-0.3, -0.25) is 0 Å². The average molecular weight is 524 g/mol. The Morgan fingerprint density at radius 2 is 1.93 bits per heavy atom. The van der Waals surface area contributed by atoms with Crippen molar-refractivity contribution in [2.75, 3.05) is 18.4 Å². The van der Waals surface area contributed by atoms with Gasteiger partial charge in [0.05, 0.1) is 0 Å². The number of nitrogens with zero attached hydrogens (tertiary/aromatic N) is 1.